The van der Waals surface area contributed by atoms with E-state index < -0.39 is 0 Å². The predicted molar refractivity (Wildman–Crippen MR) is 141 cm³/mol. The molecule has 0 saturated heterocycles. The molecule has 0 radical (unpaired) electrons. The Morgan fingerprint density at radius 3 is 2.41 bits per heavy atom. The van der Waals surface area contributed by atoms with Crippen LogP contribution in [0, 0.1) is 12.8 Å². The third-order valence-corrected chi connectivity index (χ3v) is 6.35. The standard InChI is InChI=1S/C28H36ClN3O2/c1-6-7-8-9-10-26(33)31(18-19(2)3)21(5)27-30-25-17-22(29)13-16-24(25)28(34)32(27)23-14-11-20(4)12-15-23/h11-17,19,21H,6-10,18H2,1-5H3. The molecule has 1 heterocycles. The van der Waals surface area contributed by atoms with Crippen molar-refractivity contribution < 1.29 is 4.79 Å². The molecule has 5 nitrogen and oxygen atoms in total. The van der Waals surface area contributed by atoms with Crippen LogP contribution in [0.15, 0.2) is 47.3 Å². The Hall–Kier alpha value is -2.66. The topological polar surface area (TPSA) is 55.2 Å². The van der Waals surface area contributed by atoms with Crippen molar-refractivity contribution in [2.45, 2.75) is 72.8 Å². The molecule has 1 amide bonds. The smallest absolute Gasteiger partial charge is 0.266 e. The summed E-state index contributed by atoms with van der Waals surface area (Å²) >= 11 is 6.23. The van der Waals surface area contributed by atoms with Crippen LogP contribution in [-0.2, 0) is 4.79 Å². The highest BCUT2D eigenvalue weighted by atomic mass is 35.5. The van der Waals surface area contributed by atoms with Crippen molar-refractivity contribution in [2.24, 2.45) is 5.92 Å². The quantitative estimate of drug-likeness (QED) is 0.297. The van der Waals surface area contributed by atoms with Gasteiger partial charge in [-0.1, -0.05) is 69.3 Å². The van der Waals surface area contributed by atoms with Gasteiger partial charge in [0.1, 0.15) is 5.82 Å². The number of fused-ring (bicyclic) bond motifs is 1. The van der Waals surface area contributed by atoms with Crippen molar-refractivity contribution in [1.29, 1.82) is 0 Å². The zero-order chi connectivity index (χ0) is 24.8. The molecule has 6 heteroatoms. The lowest BCUT2D eigenvalue weighted by Gasteiger charge is -2.32. The molecule has 0 aliphatic heterocycles. The lowest BCUT2D eigenvalue weighted by molar-refractivity contribution is -0.134. The van der Waals surface area contributed by atoms with E-state index in [2.05, 4.69) is 20.8 Å². The molecule has 1 unspecified atom stereocenters. The van der Waals surface area contributed by atoms with Crippen molar-refractivity contribution >= 4 is 28.4 Å². The minimum atomic E-state index is -0.376. The summed E-state index contributed by atoms with van der Waals surface area (Å²) in [5, 5.41) is 1.03. The van der Waals surface area contributed by atoms with Crippen molar-refractivity contribution in [3.63, 3.8) is 0 Å². The number of carbonyl (C=O) groups excluding carboxylic acids is 1. The monoisotopic (exact) mass is 481 g/mol. The minimum absolute atomic E-state index is 0.105. The molecule has 0 fully saturated rings. The highest BCUT2D eigenvalue weighted by Gasteiger charge is 2.27. The molecule has 0 N–H and O–H groups in total. The number of carbonyl (C=O) groups is 1. The second-order valence-electron chi connectivity index (χ2n) is 9.53. The first-order chi connectivity index (χ1) is 16.2. The minimum Gasteiger partial charge on any atom is -0.333 e. The Bertz CT molecular complexity index is 1180. The summed E-state index contributed by atoms with van der Waals surface area (Å²) < 4.78 is 1.65. The summed E-state index contributed by atoms with van der Waals surface area (Å²) in [4.78, 5) is 33.8. The maximum absolute atomic E-state index is 13.7. The van der Waals surface area contributed by atoms with Crippen LogP contribution in [0.25, 0.3) is 16.6 Å². The Balaban J connectivity index is 2.13. The fourth-order valence-corrected chi connectivity index (χ4v) is 4.42. The van der Waals surface area contributed by atoms with Gasteiger partial charge in [0.05, 0.1) is 22.6 Å². The van der Waals surface area contributed by atoms with Crippen LogP contribution in [0.2, 0.25) is 5.02 Å². The Kier molecular flexibility index (Phi) is 8.90. The van der Waals surface area contributed by atoms with Gasteiger partial charge in [0.2, 0.25) is 5.91 Å². The normalized spacial score (nSPS) is 12.3. The lowest BCUT2D eigenvalue weighted by Crippen LogP contribution is -2.39. The van der Waals surface area contributed by atoms with Crippen molar-refractivity contribution in [3.8, 4) is 5.69 Å². The average molecular weight is 482 g/mol. The van der Waals surface area contributed by atoms with Crippen LogP contribution in [0.4, 0.5) is 0 Å². The van der Waals surface area contributed by atoms with Gasteiger partial charge in [0, 0.05) is 18.0 Å². The van der Waals surface area contributed by atoms with Gasteiger partial charge >= 0.3 is 0 Å². The van der Waals surface area contributed by atoms with E-state index in [0.717, 1.165) is 36.9 Å². The molecule has 3 aromatic rings. The number of rotatable bonds is 10. The second-order valence-corrected chi connectivity index (χ2v) is 9.97. The number of benzene rings is 2. The highest BCUT2D eigenvalue weighted by Crippen LogP contribution is 2.26. The third-order valence-electron chi connectivity index (χ3n) is 6.12. The molecule has 182 valence electrons. The fourth-order valence-electron chi connectivity index (χ4n) is 4.25. The summed E-state index contributed by atoms with van der Waals surface area (Å²) in [5.74, 6) is 0.941. The fraction of sp³-hybridized carbons (Fsp3) is 0.464. The zero-order valence-electron chi connectivity index (χ0n) is 21.0. The lowest BCUT2D eigenvalue weighted by atomic mass is 10.1. The molecular formula is C28H36ClN3O2. The Labute approximate surface area is 207 Å². The van der Waals surface area contributed by atoms with E-state index in [4.69, 9.17) is 16.6 Å². The van der Waals surface area contributed by atoms with Crippen molar-refractivity contribution in [2.75, 3.05) is 6.54 Å². The van der Waals surface area contributed by atoms with E-state index in [9.17, 15) is 9.59 Å². The van der Waals surface area contributed by atoms with E-state index in [1.807, 2.05) is 43.0 Å². The number of nitrogens with zero attached hydrogens (tertiary/aromatic N) is 3. The molecule has 0 saturated carbocycles. The first-order valence-electron chi connectivity index (χ1n) is 12.3. The third kappa shape index (κ3) is 6.06. The van der Waals surface area contributed by atoms with Gasteiger partial charge in [0.25, 0.3) is 5.56 Å². The van der Waals surface area contributed by atoms with Crippen molar-refractivity contribution in [3.05, 3.63) is 69.2 Å². The Morgan fingerprint density at radius 2 is 1.76 bits per heavy atom. The van der Waals surface area contributed by atoms with Crippen LogP contribution in [0.3, 0.4) is 0 Å². The maximum atomic E-state index is 13.7. The van der Waals surface area contributed by atoms with Crippen LogP contribution in [-0.4, -0.2) is 26.9 Å². The number of amides is 1. The molecule has 1 aromatic heterocycles. The van der Waals surface area contributed by atoms with Crippen LogP contribution < -0.4 is 5.56 Å². The van der Waals surface area contributed by atoms with Gasteiger partial charge in [-0.15, -0.1) is 0 Å². The first-order valence-corrected chi connectivity index (χ1v) is 12.7. The predicted octanol–water partition coefficient (Wildman–Crippen LogP) is 6.86. The van der Waals surface area contributed by atoms with E-state index in [0.29, 0.717) is 34.7 Å². The molecule has 0 aliphatic rings. The summed E-state index contributed by atoms with van der Waals surface area (Å²) in [6, 6.07) is 12.6. The van der Waals surface area contributed by atoms with E-state index in [1.54, 1.807) is 22.8 Å². The van der Waals surface area contributed by atoms with Crippen LogP contribution >= 0.6 is 11.6 Å². The van der Waals surface area contributed by atoms with E-state index >= 15 is 0 Å². The van der Waals surface area contributed by atoms with Gasteiger partial charge in [-0.2, -0.15) is 0 Å². The average Bonchev–Trinajstić information content (AvgIpc) is 2.80. The largest absolute Gasteiger partial charge is 0.333 e. The van der Waals surface area contributed by atoms with E-state index in [1.165, 1.54) is 0 Å². The van der Waals surface area contributed by atoms with Gasteiger partial charge in [-0.3, -0.25) is 14.2 Å². The summed E-state index contributed by atoms with van der Waals surface area (Å²) in [6.07, 6.45) is 4.69. The van der Waals surface area contributed by atoms with Crippen molar-refractivity contribution in [1.82, 2.24) is 14.5 Å². The summed E-state index contributed by atoms with van der Waals surface area (Å²) in [5.41, 5.74) is 2.23. The van der Waals surface area contributed by atoms with Crippen LogP contribution in [0.5, 0.6) is 0 Å². The maximum Gasteiger partial charge on any atom is 0.266 e. The number of aryl methyl sites for hydroxylation is 1. The zero-order valence-corrected chi connectivity index (χ0v) is 21.7. The summed E-state index contributed by atoms with van der Waals surface area (Å²) in [7, 11) is 0. The van der Waals surface area contributed by atoms with Gasteiger partial charge < -0.3 is 4.90 Å². The number of hydrogen-bond donors (Lipinski definition) is 0. The molecule has 1 atom stereocenters. The number of unbranched alkanes of at least 4 members (excludes halogenated alkanes) is 3. The molecule has 3 rings (SSSR count). The molecule has 34 heavy (non-hydrogen) atoms. The first kappa shape index (κ1) is 26.0. The Morgan fingerprint density at radius 1 is 1.06 bits per heavy atom. The highest BCUT2D eigenvalue weighted by molar-refractivity contribution is 6.31. The number of aromatic nitrogens is 2. The van der Waals surface area contributed by atoms with Crippen LogP contribution in [0.1, 0.15) is 77.2 Å². The van der Waals surface area contributed by atoms with Gasteiger partial charge in [-0.05, 0) is 56.5 Å². The second kappa shape index (κ2) is 11.7. The molecule has 0 aliphatic carbocycles. The molecular weight excluding hydrogens is 446 g/mol. The summed E-state index contributed by atoms with van der Waals surface area (Å²) in [6.45, 7) is 10.9. The SMILES string of the molecule is CCCCCCC(=O)N(CC(C)C)C(C)c1nc2cc(Cl)ccc2c(=O)n1-c1ccc(C)cc1. The molecule has 0 bridgehead atoms. The molecule has 0 spiro atoms. The molecule has 2 aromatic carbocycles. The van der Waals surface area contributed by atoms with Gasteiger partial charge in [-0.25, -0.2) is 4.98 Å². The van der Waals surface area contributed by atoms with Gasteiger partial charge in [0.15, 0.2) is 0 Å². The number of hydrogen-bond acceptors (Lipinski definition) is 3. The number of halogens is 1. The van der Waals surface area contributed by atoms with E-state index in [-0.39, 0.29) is 23.4 Å².